The van der Waals surface area contributed by atoms with Crippen molar-refractivity contribution in [1.82, 2.24) is 0 Å². The molecule has 0 saturated carbocycles. The summed E-state index contributed by atoms with van der Waals surface area (Å²) in [5.41, 5.74) is 4.11. The lowest BCUT2D eigenvalue weighted by Crippen LogP contribution is -1.81. The average Bonchev–Trinajstić information content (AvgIpc) is 2.18. The fourth-order valence-electron chi connectivity index (χ4n) is 1.53. The molecule has 0 saturated heterocycles. The molecule has 0 heterocycles. The molecule has 0 nitrogen and oxygen atoms in total. The van der Waals surface area contributed by atoms with Crippen LogP contribution in [-0.4, -0.2) is 0 Å². The molecule has 0 atom stereocenters. The molecule has 0 bridgehead atoms. The summed E-state index contributed by atoms with van der Waals surface area (Å²) in [4.78, 5) is 0. The van der Waals surface area contributed by atoms with Crippen LogP contribution in [0.25, 0.3) is 5.57 Å². The van der Waals surface area contributed by atoms with E-state index in [4.69, 9.17) is 0 Å². The number of aryl methyl sites for hydroxylation is 1. The molecule has 1 aromatic carbocycles. The van der Waals surface area contributed by atoms with Crippen molar-refractivity contribution in [3.05, 3.63) is 41.5 Å². The van der Waals surface area contributed by atoms with Gasteiger partial charge in [-0.2, -0.15) is 0 Å². The van der Waals surface area contributed by atoms with Gasteiger partial charge in [-0.1, -0.05) is 55.7 Å². The third-order valence-corrected chi connectivity index (χ3v) is 2.48. The highest BCUT2D eigenvalue weighted by atomic mass is 14.0. The highest BCUT2D eigenvalue weighted by Crippen LogP contribution is 2.16. The van der Waals surface area contributed by atoms with Gasteiger partial charge in [0.05, 0.1) is 0 Å². The molecule has 76 valence electrons. The first kappa shape index (κ1) is 11.0. The van der Waals surface area contributed by atoms with Crippen molar-refractivity contribution in [2.45, 2.75) is 40.0 Å². The predicted octanol–water partition coefficient (Wildman–Crippen LogP) is 4.59. The van der Waals surface area contributed by atoms with E-state index in [-0.39, 0.29) is 0 Å². The first-order valence-corrected chi connectivity index (χ1v) is 5.48. The van der Waals surface area contributed by atoms with Crippen LogP contribution in [0.3, 0.4) is 0 Å². The Bertz CT molecular complexity index is 308. The van der Waals surface area contributed by atoms with Crippen LogP contribution < -0.4 is 0 Å². The normalized spacial score (nSPS) is 11.8. The van der Waals surface area contributed by atoms with Gasteiger partial charge >= 0.3 is 0 Å². The summed E-state index contributed by atoms with van der Waals surface area (Å²) in [6, 6.07) is 8.70. The van der Waals surface area contributed by atoms with E-state index < -0.39 is 0 Å². The van der Waals surface area contributed by atoms with E-state index in [1.807, 2.05) is 0 Å². The summed E-state index contributed by atoms with van der Waals surface area (Å²) >= 11 is 0. The molecule has 14 heavy (non-hydrogen) atoms. The Balaban J connectivity index is 2.68. The molecule has 0 aliphatic carbocycles. The van der Waals surface area contributed by atoms with Gasteiger partial charge in [-0.15, -0.1) is 0 Å². The van der Waals surface area contributed by atoms with Gasteiger partial charge in [0, 0.05) is 0 Å². The fourth-order valence-corrected chi connectivity index (χ4v) is 1.53. The largest absolute Gasteiger partial charge is 0.0810 e. The summed E-state index contributed by atoms with van der Waals surface area (Å²) in [7, 11) is 0. The van der Waals surface area contributed by atoms with E-state index in [1.54, 1.807) is 0 Å². The Kier molecular flexibility index (Phi) is 4.45. The molecule has 0 aromatic heterocycles. The second-order valence-corrected chi connectivity index (χ2v) is 3.90. The van der Waals surface area contributed by atoms with E-state index in [2.05, 4.69) is 51.1 Å². The fraction of sp³-hybridized carbons (Fsp3) is 0.429. The second-order valence-electron chi connectivity index (χ2n) is 3.90. The van der Waals surface area contributed by atoms with Gasteiger partial charge in [-0.05, 0) is 31.4 Å². The van der Waals surface area contributed by atoms with Crippen molar-refractivity contribution in [3.8, 4) is 0 Å². The maximum atomic E-state index is 2.35. The van der Waals surface area contributed by atoms with E-state index >= 15 is 0 Å². The zero-order valence-electron chi connectivity index (χ0n) is 9.51. The summed E-state index contributed by atoms with van der Waals surface area (Å²) in [6.07, 6.45) is 6.12. The minimum absolute atomic E-state index is 1.20. The first-order valence-electron chi connectivity index (χ1n) is 5.48. The number of unbranched alkanes of at least 4 members (excludes halogenated alkanes) is 2. The molecule has 0 spiro atoms. The first-order chi connectivity index (χ1) is 6.74. The Morgan fingerprint density at radius 2 is 2.14 bits per heavy atom. The molecule has 0 heteroatoms. The van der Waals surface area contributed by atoms with Gasteiger partial charge < -0.3 is 0 Å². The zero-order valence-corrected chi connectivity index (χ0v) is 9.51. The van der Waals surface area contributed by atoms with Crippen LogP contribution in [0.5, 0.6) is 0 Å². The number of rotatable bonds is 4. The lowest BCUT2D eigenvalue weighted by molar-refractivity contribution is 0.815. The lowest BCUT2D eigenvalue weighted by Gasteiger charge is -2.02. The monoisotopic (exact) mass is 188 g/mol. The molecule has 0 aliphatic heterocycles. The molecule has 1 aromatic rings. The number of hydrogen-bond acceptors (Lipinski definition) is 0. The molecule has 0 aliphatic rings. The van der Waals surface area contributed by atoms with Gasteiger partial charge in [0.1, 0.15) is 0 Å². The van der Waals surface area contributed by atoms with Gasteiger partial charge in [0.2, 0.25) is 0 Å². The van der Waals surface area contributed by atoms with Crippen LogP contribution in [0, 0.1) is 6.92 Å². The predicted molar refractivity (Wildman–Crippen MR) is 64.4 cm³/mol. The highest BCUT2D eigenvalue weighted by Gasteiger charge is 1.94. The van der Waals surface area contributed by atoms with E-state index in [0.717, 1.165) is 0 Å². The highest BCUT2D eigenvalue weighted by molar-refractivity contribution is 5.63. The van der Waals surface area contributed by atoms with Crippen LogP contribution >= 0.6 is 0 Å². The Morgan fingerprint density at radius 1 is 1.36 bits per heavy atom. The second kappa shape index (κ2) is 5.64. The molecule has 0 radical (unpaired) electrons. The Morgan fingerprint density at radius 3 is 2.79 bits per heavy atom. The topological polar surface area (TPSA) is 0 Å². The minimum Gasteiger partial charge on any atom is -0.0810 e. The number of benzene rings is 1. The quantitative estimate of drug-likeness (QED) is 0.606. The van der Waals surface area contributed by atoms with E-state index in [9.17, 15) is 0 Å². The van der Waals surface area contributed by atoms with Crippen molar-refractivity contribution in [2.24, 2.45) is 0 Å². The Labute approximate surface area is 87.7 Å². The van der Waals surface area contributed by atoms with E-state index in [0.29, 0.717) is 0 Å². The van der Waals surface area contributed by atoms with Crippen LogP contribution in [0.4, 0.5) is 0 Å². The van der Waals surface area contributed by atoms with Crippen molar-refractivity contribution >= 4 is 5.57 Å². The zero-order chi connectivity index (χ0) is 10.4. The summed E-state index contributed by atoms with van der Waals surface area (Å²) in [5, 5.41) is 0. The summed E-state index contributed by atoms with van der Waals surface area (Å²) < 4.78 is 0. The van der Waals surface area contributed by atoms with Gasteiger partial charge in [0.15, 0.2) is 0 Å². The van der Waals surface area contributed by atoms with Gasteiger partial charge in [0.25, 0.3) is 0 Å². The number of hydrogen-bond donors (Lipinski definition) is 0. The van der Waals surface area contributed by atoms with Crippen LogP contribution in [0.15, 0.2) is 30.3 Å². The van der Waals surface area contributed by atoms with Crippen molar-refractivity contribution in [1.29, 1.82) is 0 Å². The van der Waals surface area contributed by atoms with Gasteiger partial charge in [-0.25, -0.2) is 0 Å². The number of allylic oxidation sites excluding steroid dienone is 2. The van der Waals surface area contributed by atoms with Crippen molar-refractivity contribution in [3.63, 3.8) is 0 Å². The summed E-state index contributed by atoms with van der Waals surface area (Å²) in [6.45, 7) is 6.57. The molecular formula is C14H20. The third kappa shape index (κ3) is 3.37. The van der Waals surface area contributed by atoms with Crippen LogP contribution in [0.1, 0.15) is 44.2 Å². The van der Waals surface area contributed by atoms with Crippen LogP contribution in [0.2, 0.25) is 0 Å². The maximum absolute atomic E-state index is 2.35. The summed E-state index contributed by atoms with van der Waals surface area (Å²) in [5.74, 6) is 0. The SMILES string of the molecule is CCCC/C=C(\C)c1cccc(C)c1. The maximum Gasteiger partial charge on any atom is -0.0228 e. The minimum atomic E-state index is 1.20. The van der Waals surface area contributed by atoms with Gasteiger partial charge in [-0.3, -0.25) is 0 Å². The van der Waals surface area contributed by atoms with Crippen molar-refractivity contribution < 1.29 is 0 Å². The molecule has 0 amide bonds. The molecule has 0 fully saturated rings. The van der Waals surface area contributed by atoms with E-state index in [1.165, 1.54) is 36.0 Å². The molecular weight excluding hydrogens is 168 g/mol. The smallest absolute Gasteiger partial charge is 0.0228 e. The average molecular weight is 188 g/mol. The lowest BCUT2D eigenvalue weighted by atomic mass is 10.0. The standard InChI is InChI=1S/C14H20/c1-4-5-6-9-13(3)14-10-7-8-12(2)11-14/h7-11H,4-6H2,1-3H3/b13-9+. The molecule has 1 rings (SSSR count). The molecule has 0 unspecified atom stereocenters. The third-order valence-electron chi connectivity index (χ3n) is 2.48. The van der Waals surface area contributed by atoms with Crippen molar-refractivity contribution in [2.75, 3.05) is 0 Å². The molecule has 0 N–H and O–H groups in total. The Hall–Kier alpha value is -1.04. The van der Waals surface area contributed by atoms with Crippen LogP contribution in [-0.2, 0) is 0 Å².